The molecule has 3 rings (SSSR count). The summed E-state index contributed by atoms with van der Waals surface area (Å²) in [5, 5.41) is 1.86. The third-order valence-corrected chi connectivity index (χ3v) is 7.17. The van der Waals surface area contributed by atoms with E-state index < -0.39 is 10.0 Å². The van der Waals surface area contributed by atoms with E-state index in [0.29, 0.717) is 42.4 Å². The summed E-state index contributed by atoms with van der Waals surface area (Å²) in [7, 11) is -2.03. The summed E-state index contributed by atoms with van der Waals surface area (Å²) in [5.74, 6) is 0.593. The first-order valence-electron chi connectivity index (χ1n) is 7.91. The molecule has 1 fully saturated rings. The fourth-order valence-corrected chi connectivity index (χ4v) is 5.18. The lowest BCUT2D eigenvalue weighted by Crippen LogP contribution is -2.50. The number of hydrogen-bond acceptors (Lipinski definition) is 5. The normalized spacial score (nSPS) is 16.0. The molecule has 1 aliphatic heterocycles. The van der Waals surface area contributed by atoms with Crippen molar-refractivity contribution in [2.75, 3.05) is 33.3 Å². The maximum Gasteiger partial charge on any atom is 0.264 e. The topological polar surface area (TPSA) is 66.9 Å². The summed E-state index contributed by atoms with van der Waals surface area (Å²) >= 11 is 1.40. The predicted molar refractivity (Wildman–Crippen MR) is 96.7 cm³/mol. The molecule has 0 spiro atoms. The number of thiophene rings is 1. The molecule has 8 heteroatoms. The lowest BCUT2D eigenvalue weighted by Gasteiger charge is -2.34. The fourth-order valence-electron chi connectivity index (χ4n) is 2.87. The SMILES string of the molecule is COc1ccc(S(=O)(=O)N2CCN(C(=O)c3cccs3)CC2)c(C)c1. The molecule has 6 nitrogen and oxygen atoms in total. The highest BCUT2D eigenvalue weighted by Gasteiger charge is 2.31. The quantitative estimate of drug-likeness (QED) is 0.816. The van der Waals surface area contributed by atoms with Gasteiger partial charge in [0.15, 0.2) is 0 Å². The van der Waals surface area contributed by atoms with Crippen molar-refractivity contribution in [1.82, 2.24) is 9.21 Å². The van der Waals surface area contributed by atoms with Gasteiger partial charge in [-0.05, 0) is 42.1 Å². The van der Waals surface area contributed by atoms with Crippen LogP contribution in [-0.4, -0.2) is 56.8 Å². The summed E-state index contributed by atoms with van der Waals surface area (Å²) in [5.41, 5.74) is 0.649. The number of ether oxygens (including phenoxy) is 1. The van der Waals surface area contributed by atoms with Gasteiger partial charge >= 0.3 is 0 Å². The first kappa shape index (κ1) is 17.9. The van der Waals surface area contributed by atoms with Crippen molar-refractivity contribution in [3.8, 4) is 5.75 Å². The summed E-state index contributed by atoms with van der Waals surface area (Å²) in [6.07, 6.45) is 0. The molecule has 25 heavy (non-hydrogen) atoms. The number of sulfonamides is 1. The second kappa shape index (κ2) is 7.15. The van der Waals surface area contributed by atoms with E-state index in [1.54, 1.807) is 43.2 Å². The highest BCUT2D eigenvalue weighted by atomic mass is 32.2. The van der Waals surface area contributed by atoms with E-state index in [0.717, 1.165) is 0 Å². The average molecular weight is 380 g/mol. The van der Waals surface area contributed by atoms with Crippen molar-refractivity contribution in [2.45, 2.75) is 11.8 Å². The summed E-state index contributed by atoms with van der Waals surface area (Å²) < 4.78 is 32.4. The predicted octanol–water partition coefficient (Wildman–Crippen LogP) is 2.21. The van der Waals surface area contributed by atoms with E-state index in [9.17, 15) is 13.2 Å². The van der Waals surface area contributed by atoms with E-state index in [1.807, 2.05) is 11.4 Å². The zero-order valence-corrected chi connectivity index (χ0v) is 15.8. The summed E-state index contributed by atoms with van der Waals surface area (Å²) in [6, 6.07) is 8.56. The lowest BCUT2D eigenvalue weighted by molar-refractivity contribution is 0.0703. The average Bonchev–Trinajstić information content (AvgIpc) is 3.15. The fraction of sp³-hybridized carbons (Fsp3) is 0.353. The Hall–Kier alpha value is -1.90. The molecule has 134 valence electrons. The molecule has 0 radical (unpaired) electrons. The first-order valence-corrected chi connectivity index (χ1v) is 10.2. The Balaban J connectivity index is 1.72. The smallest absolute Gasteiger partial charge is 0.264 e. The molecule has 1 aromatic heterocycles. The van der Waals surface area contributed by atoms with Crippen molar-refractivity contribution in [1.29, 1.82) is 0 Å². The van der Waals surface area contributed by atoms with Crippen LogP contribution in [0.25, 0.3) is 0 Å². The largest absolute Gasteiger partial charge is 0.497 e. The van der Waals surface area contributed by atoms with Gasteiger partial charge in [0.05, 0.1) is 16.9 Å². The molecule has 2 heterocycles. The Bertz CT molecular complexity index is 855. The minimum atomic E-state index is -3.58. The minimum absolute atomic E-state index is 0.0346. The number of nitrogens with zero attached hydrogens (tertiary/aromatic N) is 2. The Morgan fingerprint density at radius 2 is 1.88 bits per heavy atom. The van der Waals surface area contributed by atoms with Gasteiger partial charge in [-0.3, -0.25) is 4.79 Å². The van der Waals surface area contributed by atoms with Crippen LogP contribution in [0.5, 0.6) is 5.75 Å². The number of carbonyl (C=O) groups is 1. The van der Waals surface area contributed by atoms with Crippen LogP contribution in [-0.2, 0) is 10.0 Å². The second-order valence-corrected chi connectivity index (χ2v) is 8.66. The van der Waals surface area contributed by atoms with Gasteiger partial charge in [-0.25, -0.2) is 8.42 Å². The number of methoxy groups -OCH3 is 1. The Morgan fingerprint density at radius 3 is 2.44 bits per heavy atom. The number of carbonyl (C=O) groups excluding carboxylic acids is 1. The molecule has 0 bridgehead atoms. The monoisotopic (exact) mass is 380 g/mol. The lowest BCUT2D eigenvalue weighted by atomic mass is 10.2. The van der Waals surface area contributed by atoms with Crippen LogP contribution >= 0.6 is 11.3 Å². The van der Waals surface area contributed by atoms with E-state index in [-0.39, 0.29) is 10.8 Å². The van der Waals surface area contributed by atoms with Gasteiger partial charge in [0.25, 0.3) is 5.91 Å². The van der Waals surface area contributed by atoms with Crippen LogP contribution in [0.4, 0.5) is 0 Å². The van der Waals surface area contributed by atoms with Crippen molar-refractivity contribution in [2.24, 2.45) is 0 Å². The van der Waals surface area contributed by atoms with Crippen molar-refractivity contribution < 1.29 is 17.9 Å². The van der Waals surface area contributed by atoms with Gasteiger partial charge < -0.3 is 9.64 Å². The second-order valence-electron chi connectivity index (χ2n) is 5.81. The van der Waals surface area contributed by atoms with Crippen molar-refractivity contribution in [3.05, 3.63) is 46.2 Å². The van der Waals surface area contributed by atoms with Gasteiger partial charge in [-0.1, -0.05) is 6.07 Å². The first-order chi connectivity index (χ1) is 11.9. The number of hydrogen-bond donors (Lipinski definition) is 0. The Morgan fingerprint density at radius 1 is 1.16 bits per heavy atom. The third-order valence-electron chi connectivity index (χ3n) is 4.26. The molecule has 1 amide bonds. The minimum Gasteiger partial charge on any atom is -0.497 e. The molecule has 1 aromatic carbocycles. The highest BCUT2D eigenvalue weighted by Crippen LogP contribution is 2.25. The highest BCUT2D eigenvalue weighted by molar-refractivity contribution is 7.89. The number of rotatable bonds is 4. The van der Waals surface area contributed by atoms with Crippen LogP contribution in [0.1, 0.15) is 15.2 Å². The van der Waals surface area contributed by atoms with Gasteiger partial charge in [0.1, 0.15) is 5.75 Å². The molecule has 0 unspecified atom stereocenters. The number of benzene rings is 1. The van der Waals surface area contributed by atoms with Crippen LogP contribution in [0, 0.1) is 6.92 Å². The number of piperazine rings is 1. The van der Waals surface area contributed by atoms with E-state index in [1.165, 1.54) is 15.6 Å². The maximum absolute atomic E-state index is 12.9. The van der Waals surface area contributed by atoms with Crippen LogP contribution in [0.15, 0.2) is 40.6 Å². The molecule has 1 aliphatic rings. The Labute approximate surface area is 151 Å². The third kappa shape index (κ3) is 3.56. The van der Waals surface area contributed by atoms with Gasteiger partial charge in [0, 0.05) is 26.2 Å². The zero-order chi connectivity index (χ0) is 18.0. The standard InChI is InChI=1S/C17H20N2O4S2/c1-13-12-14(23-2)5-6-16(13)25(21,22)19-9-7-18(8-10-19)17(20)15-4-3-11-24-15/h3-6,11-12H,7-10H2,1-2H3. The number of aryl methyl sites for hydroxylation is 1. The molecule has 1 saturated heterocycles. The molecule has 2 aromatic rings. The summed E-state index contributed by atoms with van der Waals surface area (Å²) in [4.78, 5) is 15.0. The van der Waals surface area contributed by atoms with Gasteiger partial charge in [-0.2, -0.15) is 4.31 Å². The van der Waals surface area contributed by atoms with Crippen LogP contribution in [0.2, 0.25) is 0 Å². The molecule has 0 atom stereocenters. The van der Waals surface area contributed by atoms with Gasteiger partial charge in [-0.15, -0.1) is 11.3 Å². The van der Waals surface area contributed by atoms with Gasteiger partial charge in [0.2, 0.25) is 10.0 Å². The molecular formula is C17H20N2O4S2. The van der Waals surface area contributed by atoms with E-state index in [2.05, 4.69) is 0 Å². The van der Waals surface area contributed by atoms with Crippen LogP contribution in [0.3, 0.4) is 0 Å². The van der Waals surface area contributed by atoms with Crippen molar-refractivity contribution in [3.63, 3.8) is 0 Å². The van der Waals surface area contributed by atoms with Crippen molar-refractivity contribution >= 4 is 27.3 Å². The maximum atomic E-state index is 12.9. The van der Waals surface area contributed by atoms with Crippen LogP contribution < -0.4 is 4.74 Å². The Kier molecular flexibility index (Phi) is 5.12. The van der Waals surface area contributed by atoms with E-state index >= 15 is 0 Å². The molecular weight excluding hydrogens is 360 g/mol. The number of amides is 1. The summed E-state index contributed by atoms with van der Waals surface area (Å²) in [6.45, 7) is 3.14. The zero-order valence-electron chi connectivity index (χ0n) is 14.1. The molecule has 0 N–H and O–H groups in total. The van der Waals surface area contributed by atoms with E-state index in [4.69, 9.17) is 4.74 Å². The molecule has 0 aliphatic carbocycles. The molecule has 0 saturated carbocycles.